The van der Waals surface area contributed by atoms with Crippen LogP contribution < -0.4 is 5.73 Å². The van der Waals surface area contributed by atoms with Gasteiger partial charge in [0.1, 0.15) is 11.6 Å². The summed E-state index contributed by atoms with van der Waals surface area (Å²) in [6.07, 6.45) is 1.14. The van der Waals surface area contributed by atoms with Gasteiger partial charge in [-0.2, -0.15) is 0 Å². The van der Waals surface area contributed by atoms with Crippen LogP contribution in [0.2, 0.25) is 0 Å². The van der Waals surface area contributed by atoms with Crippen LogP contribution in [0, 0.1) is 11.6 Å². The fourth-order valence-electron chi connectivity index (χ4n) is 2.29. The minimum atomic E-state index is -0.523. The standard InChI is InChI=1S/C16H16BrF2N/c1-16(20,9-11-3-2-4-13(18)7-11)10-12-5-6-15(19)14(17)8-12/h2-8H,9-10,20H2,1H3. The van der Waals surface area contributed by atoms with Crippen LogP contribution in [0.4, 0.5) is 8.78 Å². The summed E-state index contributed by atoms with van der Waals surface area (Å²) in [6.45, 7) is 1.91. The highest BCUT2D eigenvalue weighted by Crippen LogP contribution is 2.21. The van der Waals surface area contributed by atoms with Crippen molar-refractivity contribution in [2.24, 2.45) is 5.73 Å². The maximum Gasteiger partial charge on any atom is 0.137 e. The highest BCUT2D eigenvalue weighted by atomic mass is 79.9. The average Bonchev–Trinajstić information content (AvgIpc) is 2.33. The lowest BCUT2D eigenvalue weighted by Gasteiger charge is -2.25. The van der Waals surface area contributed by atoms with Crippen LogP contribution in [0.25, 0.3) is 0 Å². The van der Waals surface area contributed by atoms with E-state index in [1.807, 2.05) is 13.0 Å². The molecule has 0 saturated heterocycles. The first-order chi connectivity index (χ1) is 9.35. The average molecular weight is 340 g/mol. The number of nitrogens with two attached hydrogens (primary N) is 1. The number of hydrogen-bond donors (Lipinski definition) is 1. The number of hydrogen-bond acceptors (Lipinski definition) is 1. The lowest BCUT2D eigenvalue weighted by molar-refractivity contribution is 0.461. The Hall–Kier alpha value is -1.26. The first-order valence-corrected chi connectivity index (χ1v) is 7.12. The van der Waals surface area contributed by atoms with E-state index >= 15 is 0 Å². The van der Waals surface area contributed by atoms with E-state index < -0.39 is 5.54 Å². The summed E-state index contributed by atoms with van der Waals surface area (Å²) >= 11 is 3.16. The van der Waals surface area contributed by atoms with Crippen molar-refractivity contribution in [2.45, 2.75) is 25.3 Å². The molecule has 0 aliphatic heterocycles. The number of halogens is 3. The Morgan fingerprint density at radius 2 is 1.70 bits per heavy atom. The molecule has 0 heterocycles. The molecule has 0 spiro atoms. The zero-order valence-corrected chi connectivity index (χ0v) is 12.8. The molecule has 4 heteroatoms. The van der Waals surface area contributed by atoms with Crippen LogP contribution >= 0.6 is 15.9 Å². The lowest BCUT2D eigenvalue weighted by atomic mass is 9.87. The van der Waals surface area contributed by atoms with Gasteiger partial charge >= 0.3 is 0 Å². The van der Waals surface area contributed by atoms with Gasteiger partial charge in [0, 0.05) is 5.54 Å². The molecule has 2 aromatic carbocycles. The molecule has 2 rings (SSSR count). The summed E-state index contributed by atoms with van der Waals surface area (Å²) in [6, 6.07) is 11.3. The Bertz CT molecular complexity index is 611. The third-order valence-corrected chi connectivity index (χ3v) is 3.70. The highest BCUT2D eigenvalue weighted by Gasteiger charge is 2.20. The zero-order chi connectivity index (χ0) is 14.8. The van der Waals surface area contributed by atoms with Gasteiger partial charge in [-0.05, 0) is 71.1 Å². The van der Waals surface area contributed by atoms with Crippen molar-refractivity contribution in [1.29, 1.82) is 0 Å². The molecule has 0 radical (unpaired) electrons. The molecular weight excluding hydrogens is 324 g/mol. The minimum Gasteiger partial charge on any atom is -0.325 e. The van der Waals surface area contributed by atoms with E-state index in [1.165, 1.54) is 18.2 Å². The van der Waals surface area contributed by atoms with Crippen molar-refractivity contribution in [3.63, 3.8) is 0 Å². The van der Waals surface area contributed by atoms with Crippen LogP contribution in [-0.2, 0) is 12.8 Å². The molecule has 1 nitrogen and oxygen atoms in total. The van der Waals surface area contributed by atoms with Gasteiger partial charge in [0.2, 0.25) is 0 Å². The summed E-state index contributed by atoms with van der Waals surface area (Å²) < 4.78 is 26.8. The molecule has 1 atom stereocenters. The van der Waals surface area contributed by atoms with Crippen LogP contribution in [0.1, 0.15) is 18.1 Å². The van der Waals surface area contributed by atoms with E-state index in [9.17, 15) is 8.78 Å². The molecule has 2 aromatic rings. The van der Waals surface area contributed by atoms with Gasteiger partial charge in [0.25, 0.3) is 0 Å². The predicted molar refractivity (Wildman–Crippen MR) is 80.5 cm³/mol. The van der Waals surface area contributed by atoms with Crippen molar-refractivity contribution in [3.8, 4) is 0 Å². The molecule has 0 amide bonds. The summed E-state index contributed by atoms with van der Waals surface area (Å²) in [5, 5.41) is 0. The van der Waals surface area contributed by atoms with Crippen LogP contribution in [0.15, 0.2) is 46.9 Å². The van der Waals surface area contributed by atoms with Crippen molar-refractivity contribution < 1.29 is 8.78 Å². The molecule has 2 N–H and O–H groups in total. The lowest BCUT2D eigenvalue weighted by Crippen LogP contribution is -2.40. The molecule has 0 saturated carbocycles. The first-order valence-electron chi connectivity index (χ1n) is 6.33. The minimum absolute atomic E-state index is 0.261. The van der Waals surface area contributed by atoms with Crippen molar-refractivity contribution >= 4 is 15.9 Å². The molecule has 20 heavy (non-hydrogen) atoms. The monoisotopic (exact) mass is 339 g/mol. The Balaban J connectivity index is 2.12. The van der Waals surface area contributed by atoms with Crippen molar-refractivity contribution in [3.05, 3.63) is 69.7 Å². The SMILES string of the molecule is CC(N)(Cc1cccc(F)c1)Cc1ccc(F)c(Br)c1. The van der Waals surface area contributed by atoms with Gasteiger partial charge in [-0.15, -0.1) is 0 Å². The Kier molecular flexibility index (Phi) is 4.55. The van der Waals surface area contributed by atoms with Gasteiger partial charge in [-0.1, -0.05) is 18.2 Å². The van der Waals surface area contributed by atoms with Gasteiger partial charge in [0.05, 0.1) is 4.47 Å². The molecular formula is C16H16BrF2N. The number of rotatable bonds is 4. The summed E-state index contributed by atoms with van der Waals surface area (Å²) in [7, 11) is 0. The molecule has 1 unspecified atom stereocenters. The fraction of sp³-hybridized carbons (Fsp3) is 0.250. The van der Waals surface area contributed by atoms with Crippen LogP contribution in [0.3, 0.4) is 0 Å². The summed E-state index contributed by atoms with van der Waals surface area (Å²) in [4.78, 5) is 0. The Labute approximate surface area is 125 Å². The second-order valence-corrected chi connectivity index (χ2v) is 6.24. The first kappa shape index (κ1) is 15.1. The second kappa shape index (κ2) is 6.02. The maximum atomic E-state index is 13.2. The third kappa shape index (κ3) is 4.12. The van der Waals surface area contributed by atoms with Gasteiger partial charge < -0.3 is 5.73 Å². The summed E-state index contributed by atoms with van der Waals surface area (Å²) in [5.74, 6) is -0.555. The predicted octanol–water partition coefficient (Wildman–Crippen LogP) is 4.23. The molecule has 106 valence electrons. The molecule has 0 aliphatic carbocycles. The Morgan fingerprint density at radius 3 is 2.30 bits per heavy atom. The van der Waals surface area contributed by atoms with Crippen molar-refractivity contribution in [1.82, 2.24) is 0 Å². The number of benzene rings is 2. The summed E-state index contributed by atoms with van der Waals surface area (Å²) in [5.41, 5.74) is 7.57. The highest BCUT2D eigenvalue weighted by molar-refractivity contribution is 9.10. The van der Waals surface area contributed by atoms with E-state index in [2.05, 4.69) is 15.9 Å². The van der Waals surface area contributed by atoms with Crippen LogP contribution in [-0.4, -0.2) is 5.54 Å². The van der Waals surface area contributed by atoms with Gasteiger partial charge in [0.15, 0.2) is 0 Å². The topological polar surface area (TPSA) is 26.0 Å². The van der Waals surface area contributed by atoms with Gasteiger partial charge in [-0.3, -0.25) is 0 Å². The molecule has 0 aromatic heterocycles. The smallest absolute Gasteiger partial charge is 0.137 e. The van der Waals surface area contributed by atoms with Crippen LogP contribution in [0.5, 0.6) is 0 Å². The zero-order valence-electron chi connectivity index (χ0n) is 11.2. The third-order valence-electron chi connectivity index (χ3n) is 3.09. The van der Waals surface area contributed by atoms with E-state index in [4.69, 9.17) is 5.73 Å². The maximum absolute atomic E-state index is 13.2. The largest absolute Gasteiger partial charge is 0.325 e. The van der Waals surface area contributed by atoms with E-state index in [0.717, 1.165) is 11.1 Å². The quantitative estimate of drug-likeness (QED) is 0.886. The van der Waals surface area contributed by atoms with Crippen molar-refractivity contribution in [2.75, 3.05) is 0 Å². The molecule has 0 bridgehead atoms. The molecule has 0 aliphatic rings. The van der Waals surface area contributed by atoms with E-state index in [0.29, 0.717) is 17.3 Å². The Morgan fingerprint density at radius 1 is 1.05 bits per heavy atom. The van der Waals surface area contributed by atoms with E-state index in [-0.39, 0.29) is 11.6 Å². The second-order valence-electron chi connectivity index (χ2n) is 5.39. The van der Waals surface area contributed by atoms with E-state index in [1.54, 1.807) is 18.2 Å². The normalized spacial score (nSPS) is 14.1. The molecule has 0 fully saturated rings. The van der Waals surface area contributed by atoms with Gasteiger partial charge in [-0.25, -0.2) is 8.78 Å². The fourth-order valence-corrected chi connectivity index (χ4v) is 2.72.